The van der Waals surface area contributed by atoms with Crippen molar-refractivity contribution < 1.29 is 19.6 Å². The van der Waals surface area contributed by atoms with E-state index in [0.29, 0.717) is 5.56 Å². The van der Waals surface area contributed by atoms with E-state index in [1.807, 2.05) is 6.07 Å². The highest BCUT2D eigenvalue weighted by Crippen LogP contribution is 2.27. The number of carbonyl (C=O) groups is 1. The van der Waals surface area contributed by atoms with E-state index in [4.69, 9.17) is 15.7 Å². The maximum absolute atomic E-state index is 11.3. The molecule has 2 aromatic rings. The molecule has 0 radical (unpaired) electrons. The Bertz CT molecular complexity index is 815. The molecule has 2 atom stereocenters. The molecule has 1 unspecified atom stereocenters. The lowest BCUT2D eigenvalue weighted by Crippen LogP contribution is -2.39. The number of benzene rings is 2. The number of nitro benzene ring substituents is 1. The number of nitrogens with two attached hydrogens (primary N) is 1. The highest BCUT2D eigenvalue weighted by molar-refractivity contribution is 5.74. The zero-order chi connectivity index (χ0) is 17.7. The van der Waals surface area contributed by atoms with E-state index in [0.717, 1.165) is 0 Å². The molecule has 122 valence electrons. The van der Waals surface area contributed by atoms with Gasteiger partial charge in [-0.3, -0.25) is 14.9 Å². The van der Waals surface area contributed by atoms with Crippen molar-refractivity contribution in [2.75, 3.05) is 0 Å². The predicted molar refractivity (Wildman–Crippen MR) is 83.2 cm³/mol. The molecule has 24 heavy (non-hydrogen) atoms. The standard InChI is InChI=1S/C16H13N3O5/c17-9-10-3-1-6-13(7-10)24-15(14(18)16(20)21)11-4-2-5-12(8-11)19(22)23/h1-8,14-15H,18H2,(H,20,21)/t14-,15?/m0/s1. The van der Waals surface area contributed by atoms with E-state index in [2.05, 4.69) is 0 Å². The minimum atomic E-state index is -1.45. The van der Waals surface area contributed by atoms with Crippen molar-refractivity contribution in [1.82, 2.24) is 0 Å². The minimum Gasteiger partial charge on any atom is -0.483 e. The second kappa shape index (κ2) is 7.21. The second-order valence-electron chi connectivity index (χ2n) is 4.89. The van der Waals surface area contributed by atoms with E-state index < -0.39 is 23.0 Å². The third-order valence-corrected chi connectivity index (χ3v) is 3.25. The van der Waals surface area contributed by atoms with Crippen molar-refractivity contribution in [3.8, 4) is 11.8 Å². The summed E-state index contributed by atoms with van der Waals surface area (Å²) in [6.45, 7) is 0. The fourth-order valence-electron chi connectivity index (χ4n) is 2.08. The normalized spacial score (nSPS) is 12.7. The van der Waals surface area contributed by atoms with E-state index in [-0.39, 0.29) is 17.0 Å². The number of nitrogens with zero attached hydrogens (tertiary/aromatic N) is 2. The molecule has 0 saturated carbocycles. The quantitative estimate of drug-likeness (QED) is 0.610. The van der Waals surface area contributed by atoms with Crippen LogP contribution in [0.3, 0.4) is 0 Å². The minimum absolute atomic E-state index is 0.204. The summed E-state index contributed by atoms with van der Waals surface area (Å²) in [7, 11) is 0. The fraction of sp³-hybridized carbons (Fsp3) is 0.125. The number of ether oxygens (including phenoxy) is 1. The molecular weight excluding hydrogens is 314 g/mol. The molecule has 0 heterocycles. The van der Waals surface area contributed by atoms with Gasteiger partial charge < -0.3 is 15.6 Å². The Balaban J connectivity index is 2.41. The summed E-state index contributed by atoms with van der Waals surface area (Å²) in [5.41, 5.74) is 6.05. The first kappa shape index (κ1) is 16.9. The van der Waals surface area contributed by atoms with Crippen molar-refractivity contribution in [2.45, 2.75) is 12.1 Å². The van der Waals surface area contributed by atoms with Gasteiger partial charge in [0.2, 0.25) is 0 Å². The number of aliphatic carboxylic acids is 1. The predicted octanol–water partition coefficient (Wildman–Crippen LogP) is 2.00. The van der Waals surface area contributed by atoms with Gasteiger partial charge in [-0.05, 0) is 18.2 Å². The van der Waals surface area contributed by atoms with Crippen molar-refractivity contribution in [3.05, 3.63) is 69.8 Å². The average molecular weight is 327 g/mol. The molecule has 0 aliphatic heterocycles. The van der Waals surface area contributed by atoms with Gasteiger partial charge in [-0.2, -0.15) is 5.26 Å². The third-order valence-electron chi connectivity index (χ3n) is 3.25. The summed E-state index contributed by atoms with van der Waals surface area (Å²) in [6.07, 6.45) is -1.16. The van der Waals surface area contributed by atoms with Gasteiger partial charge >= 0.3 is 5.97 Å². The van der Waals surface area contributed by atoms with Crippen LogP contribution in [0.1, 0.15) is 17.2 Å². The molecule has 0 spiro atoms. The number of hydrogen-bond acceptors (Lipinski definition) is 6. The third kappa shape index (κ3) is 3.85. The molecule has 2 rings (SSSR count). The van der Waals surface area contributed by atoms with Gasteiger partial charge in [0.05, 0.1) is 16.6 Å². The van der Waals surface area contributed by atoms with E-state index >= 15 is 0 Å². The Morgan fingerprint density at radius 2 is 2.00 bits per heavy atom. The molecule has 0 aliphatic rings. The summed E-state index contributed by atoms with van der Waals surface area (Å²) in [4.78, 5) is 21.6. The summed E-state index contributed by atoms with van der Waals surface area (Å²) in [6, 6.07) is 12.0. The topological polar surface area (TPSA) is 139 Å². The molecule has 0 saturated heterocycles. The zero-order valence-corrected chi connectivity index (χ0v) is 12.3. The zero-order valence-electron chi connectivity index (χ0n) is 12.3. The molecule has 8 nitrogen and oxygen atoms in total. The first-order valence-corrected chi connectivity index (χ1v) is 6.82. The number of hydrogen-bond donors (Lipinski definition) is 2. The van der Waals surface area contributed by atoms with Crippen LogP contribution in [0.5, 0.6) is 5.75 Å². The molecular formula is C16H13N3O5. The maximum Gasteiger partial charge on any atom is 0.324 e. The van der Waals surface area contributed by atoms with Crippen molar-refractivity contribution in [2.24, 2.45) is 5.73 Å². The fourth-order valence-corrected chi connectivity index (χ4v) is 2.08. The Hall–Kier alpha value is -3.44. The lowest BCUT2D eigenvalue weighted by atomic mass is 10.0. The molecule has 0 bridgehead atoms. The van der Waals surface area contributed by atoms with Gasteiger partial charge in [0.15, 0.2) is 0 Å². The van der Waals surface area contributed by atoms with Crippen LogP contribution in [-0.4, -0.2) is 22.0 Å². The number of carboxylic acids is 1. The lowest BCUT2D eigenvalue weighted by Gasteiger charge is -2.23. The second-order valence-corrected chi connectivity index (χ2v) is 4.89. The van der Waals surface area contributed by atoms with Crippen molar-refractivity contribution >= 4 is 11.7 Å². The summed E-state index contributed by atoms with van der Waals surface area (Å²) in [5.74, 6) is -1.08. The van der Waals surface area contributed by atoms with Crippen LogP contribution in [0.4, 0.5) is 5.69 Å². The molecule has 2 aromatic carbocycles. The first-order valence-electron chi connectivity index (χ1n) is 6.82. The number of rotatable bonds is 6. The van der Waals surface area contributed by atoms with Crippen molar-refractivity contribution in [1.29, 1.82) is 5.26 Å². The van der Waals surface area contributed by atoms with Crippen LogP contribution in [0.25, 0.3) is 0 Å². The van der Waals surface area contributed by atoms with Crippen LogP contribution >= 0.6 is 0 Å². The smallest absolute Gasteiger partial charge is 0.324 e. The van der Waals surface area contributed by atoms with Gasteiger partial charge in [0.25, 0.3) is 5.69 Å². The van der Waals surface area contributed by atoms with Crippen LogP contribution in [0, 0.1) is 21.4 Å². The van der Waals surface area contributed by atoms with E-state index in [1.54, 1.807) is 18.2 Å². The number of nitriles is 1. The van der Waals surface area contributed by atoms with Crippen LogP contribution in [-0.2, 0) is 4.79 Å². The average Bonchev–Trinajstić information content (AvgIpc) is 2.59. The maximum atomic E-state index is 11.3. The molecule has 0 aliphatic carbocycles. The Morgan fingerprint density at radius 3 is 2.62 bits per heavy atom. The monoisotopic (exact) mass is 327 g/mol. The molecule has 0 aromatic heterocycles. The van der Waals surface area contributed by atoms with Gasteiger partial charge in [-0.15, -0.1) is 0 Å². The van der Waals surface area contributed by atoms with E-state index in [1.165, 1.54) is 30.3 Å². The Morgan fingerprint density at radius 1 is 1.29 bits per heavy atom. The first-order chi connectivity index (χ1) is 11.4. The number of non-ortho nitro benzene ring substituents is 1. The van der Waals surface area contributed by atoms with Crippen LogP contribution in [0.15, 0.2) is 48.5 Å². The van der Waals surface area contributed by atoms with Crippen LogP contribution < -0.4 is 10.5 Å². The molecule has 0 fully saturated rings. The molecule has 0 amide bonds. The summed E-state index contributed by atoms with van der Waals surface area (Å²) >= 11 is 0. The van der Waals surface area contributed by atoms with Gasteiger partial charge in [0, 0.05) is 17.7 Å². The van der Waals surface area contributed by atoms with Crippen LogP contribution in [0.2, 0.25) is 0 Å². The Labute approximate surface area is 136 Å². The molecule has 8 heteroatoms. The van der Waals surface area contributed by atoms with Gasteiger partial charge in [-0.25, -0.2) is 0 Å². The number of nitro groups is 1. The number of carboxylic acid groups (broad SMARTS) is 1. The van der Waals surface area contributed by atoms with Crippen molar-refractivity contribution in [3.63, 3.8) is 0 Å². The highest BCUT2D eigenvalue weighted by Gasteiger charge is 2.29. The molecule has 3 N–H and O–H groups in total. The van der Waals surface area contributed by atoms with Gasteiger partial charge in [0.1, 0.15) is 17.9 Å². The lowest BCUT2D eigenvalue weighted by molar-refractivity contribution is -0.385. The van der Waals surface area contributed by atoms with Gasteiger partial charge in [-0.1, -0.05) is 18.2 Å². The van der Waals surface area contributed by atoms with E-state index in [9.17, 15) is 20.0 Å². The highest BCUT2D eigenvalue weighted by atomic mass is 16.6. The SMILES string of the molecule is N#Cc1cccc(OC(c2cccc([N+](=O)[O-])c2)[C@H](N)C(=O)O)c1. The summed E-state index contributed by atoms with van der Waals surface area (Å²) < 4.78 is 5.62. The largest absolute Gasteiger partial charge is 0.483 e. The summed E-state index contributed by atoms with van der Waals surface area (Å²) in [5, 5.41) is 29.0. The Kier molecular flexibility index (Phi) is 5.09.